The van der Waals surface area contributed by atoms with E-state index in [1.54, 1.807) is 37.4 Å². The number of methoxy groups -OCH3 is 1. The minimum atomic E-state index is -1.12. The van der Waals surface area contributed by atoms with Crippen molar-refractivity contribution < 1.29 is 19.0 Å². The minimum absolute atomic E-state index is 0.0234. The van der Waals surface area contributed by atoms with Gasteiger partial charge in [-0.15, -0.1) is 0 Å². The Morgan fingerprint density at radius 2 is 1.91 bits per heavy atom. The molecule has 110 valence electrons. The number of pyridine rings is 1. The van der Waals surface area contributed by atoms with Gasteiger partial charge in [-0.2, -0.15) is 0 Å². The van der Waals surface area contributed by atoms with Crippen LogP contribution in [-0.4, -0.2) is 23.2 Å². The number of hydrogen-bond donors (Lipinski definition) is 1. The topological polar surface area (TPSA) is 59.4 Å². The first kappa shape index (κ1) is 14.0. The molecule has 0 saturated heterocycles. The molecule has 0 saturated carbocycles. The molecular formula is C17H12FNO3. The van der Waals surface area contributed by atoms with Crippen molar-refractivity contribution >= 4 is 16.9 Å². The molecule has 0 aliphatic rings. The average molecular weight is 297 g/mol. The number of rotatable bonds is 3. The number of ether oxygens (including phenoxy) is 1. The van der Waals surface area contributed by atoms with E-state index in [1.165, 1.54) is 18.2 Å². The van der Waals surface area contributed by atoms with Crippen LogP contribution in [0.25, 0.3) is 22.2 Å². The molecule has 1 aromatic heterocycles. The molecule has 1 heterocycles. The first-order valence-corrected chi connectivity index (χ1v) is 6.57. The van der Waals surface area contributed by atoms with Crippen LogP contribution in [0.2, 0.25) is 0 Å². The summed E-state index contributed by atoms with van der Waals surface area (Å²) in [6.07, 6.45) is 0. The summed E-state index contributed by atoms with van der Waals surface area (Å²) in [5.74, 6) is -0.989. The second kappa shape index (κ2) is 5.44. The van der Waals surface area contributed by atoms with Gasteiger partial charge in [0.1, 0.15) is 17.1 Å². The van der Waals surface area contributed by atoms with E-state index in [0.717, 1.165) is 0 Å². The molecule has 2 aromatic carbocycles. The molecule has 3 aromatic rings. The van der Waals surface area contributed by atoms with Crippen LogP contribution in [0.5, 0.6) is 5.75 Å². The molecule has 0 spiro atoms. The Kier molecular flexibility index (Phi) is 3.47. The quantitative estimate of drug-likeness (QED) is 0.800. The number of aromatic carboxylic acids is 1. The molecule has 0 fully saturated rings. The van der Waals surface area contributed by atoms with Crippen molar-refractivity contribution in [1.82, 2.24) is 4.98 Å². The second-order valence-corrected chi connectivity index (χ2v) is 4.72. The van der Waals surface area contributed by atoms with Gasteiger partial charge < -0.3 is 9.84 Å². The van der Waals surface area contributed by atoms with Gasteiger partial charge in [-0.25, -0.2) is 14.2 Å². The largest absolute Gasteiger partial charge is 0.497 e. The Balaban J connectivity index is 2.25. The summed E-state index contributed by atoms with van der Waals surface area (Å²) >= 11 is 0. The maximum absolute atomic E-state index is 14.0. The van der Waals surface area contributed by atoms with Crippen LogP contribution in [0, 0.1) is 5.82 Å². The first-order chi connectivity index (χ1) is 10.6. The Bertz CT molecular complexity index is 860. The van der Waals surface area contributed by atoms with E-state index in [1.807, 2.05) is 0 Å². The highest BCUT2D eigenvalue weighted by Gasteiger charge is 2.15. The number of carboxylic acid groups (broad SMARTS) is 1. The molecule has 0 bridgehead atoms. The van der Waals surface area contributed by atoms with E-state index in [9.17, 15) is 14.3 Å². The van der Waals surface area contributed by atoms with Crippen molar-refractivity contribution in [2.24, 2.45) is 0 Å². The predicted octanol–water partition coefficient (Wildman–Crippen LogP) is 3.75. The maximum atomic E-state index is 14.0. The Morgan fingerprint density at radius 3 is 2.55 bits per heavy atom. The molecule has 22 heavy (non-hydrogen) atoms. The molecular weight excluding hydrogens is 285 g/mol. The van der Waals surface area contributed by atoms with Crippen molar-refractivity contribution in [3.8, 4) is 17.0 Å². The highest BCUT2D eigenvalue weighted by Crippen LogP contribution is 2.27. The Labute approximate surface area is 125 Å². The lowest BCUT2D eigenvalue weighted by molar-refractivity contribution is 0.0699. The van der Waals surface area contributed by atoms with Crippen molar-refractivity contribution in [2.75, 3.05) is 7.11 Å². The van der Waals surface area contributed by atoms with E-state index in [2.05, 4.69) is 4.98 Å². The van der Waals surface area contributed by atoms with E-state index in [4.69, 9.17) is 4.74 Å². The normalized spacial score (nSPS) is 10.6. The maximum Gasteiger partial charge on any atom is 0.336 e. The standard InChI is InChI=1S/C17H12FNO3/c1-22-11-7-5-10(6-8-11)15-9-13(17(20)21)12-3-2-4-14(18)16(12)19-15/h2-9H,1H3,(H,20,21). The number of benzene rings is 2. The lowest BCUT2D eigenvalue weighted by atomic mass is 10.0. The van der Waals surface area contributed by atoms with Gasteiger partial charge >= 0.3 is 5.97 Å². The van der Waals surface area contributed by atoms with Gasteiger partial charge in [0.25, 0.3) is 0 Å². The monoisotopic (exact) mass is 297 g/mol. The number of aromatic nitrogens is 1. The average Bonchev–Trinajstić information content (AvgIpc) is 2.54. The number of carboxylic acids is 1. The molecule has 0 aliphatic carbocycles. The van der Waals surface area contributed by atoms with Crippen molar-refractivity contribution in [3.63, 3.8) is 0 Å². The summed E-state index contributed by atoms with van der Waals surface area (Å²) in [5, 5.41) is 9.64. The number of nitrogens with zero attached hydrogens (tertiary/aromatic N) is 1. The highest BCUT2D eigenvalue weighted by atomic mass is 19.1. The second-order valence-electron chi connectivity index (χ2n) is 4.72. The van der Waals surface area contributed by atoms with Gasteiger partial charge in [0.05, 0.1) is 18.4 Å². The summed E-state index contributed by atoms with van der Waals surface area (Å²) in [7, 11) is 1.56. The Morgan fingerprint density at radius 1 is 1.18 bits per heavy atom. The Hall–Kier alpha value is -2.95. The van der Waals surface area contributed by atoms with Gasteiger partial charge in [-0.1, -0.05) is 12.1 Å². The third-order valence-corrected chi connectivity index (χ3v) is 3.41. The van der Waals surface area contributed by atoms with Gasteiger partial charge in [0, 0.05) is 10.9 Å². The summed E-state index contributed by atoms with van der Waals surface area (Å²) in [5.41, 5.74) is 1.16. The molecule has 0 unspecified atom stereocenters. The SMILES string of the molecule is COc1ccc(-c2cc(C(=O)O)c3cccc(F)c3n2)cc1. The smallest absolute Gasteiger partial charge is 0.336 e. The molecule has 3 rings (SSSR count). The molecule has 0 radical (unpaired) electrons. The number of fused-ring (bicyclic) bond motifs is 1. The van der Waals surface area contributed by atoms with Crippen molar-refractivity contribution in [2.45, 2.75) is 0 Å². The lowest BCUT2D eigenvalue weighted by Crippen LogP contribution is -2.01. The third kappa shape index (κ3) is 2.37. The van der Waals surface area contributed by atoms with E-state index < -0.39 is 11.8 Å². The van der Waals surface area contributed by atoms with E-state index in [-0.39, 0.29) is 16.5 Å². The number of para-hydroxylation sites is 1. The van der Waals surface area contributed by atoms with Crippen LogP contribution < -0.4 is 4.74 Å². The molecule has 1 N–H and O–H groups in total. The van der Waals surface area contributed by atoms with Crippen LogP contribution in [0.1, 0.15) is 10.4 Å². The van der Waals surface area contributed by atoms with Gasteiger partial charge in [-0.05, 0) is 36.4 Å². The van der Waals surface area contributed by atoms with Crippen LogP contribution in [-0.2, 0) is 0 Å². The van der Waals surface area contributed by atoms with Crippen LogP contribution in [0.4, 0.5) is 4.39 Å². The molecule has 4 nitrogen and oxygen atoms in total. The van der Waals surface area contributed by atoms with E-state index >= 15 is 0 Å². The highest BCUT2D eigenvalue weighted by molar-refractivity contribution is 6.03. The van der Waals surface area contributed by atoms with Crippen LogP contribution in [0.3, 0.4) is 0 Å². The first-order valence-electron chi connectivity index (χ1n) is 6.57. The van der Waals surface area contributed by atoms with E-state index in [0.29, 0.717) is 17.0 Å². The molecule has 5 heteroatoms. The fourth-order valence-electron chi connectivity index (χ4n) is 2.30. The van der Waals surface area contributed by atoms with Gasteiger partial charge in [-0.3, -0.25) is 0 Å². The summed E-state index contributed by atoms with van der Waals surface area (Å²) in [4.78, 5) is 15.7. The summed E-state index contributed by atoms with van der Waals surface area (Å²) < 4.78 is 19.1. The van der Waals surface area contributed by atoms with Crippen LogP contribution >= 0.6 is 0 Å². The summed E-state index contributed by atoms with van der Waals surface area (Å²) in [6, 6.07) is 12.7. The number of carbonyl (C=O) groups is 1. The fraction of sp³-hybridized carbons (Fsp3) is 0.0588. The zero-order valence-corrected chi connectivity index (χ0v) is 11.7. The zero-order valence-electron chi connectivity index (χ0n) is 11.7. The molecule has 0 amide bonds. The number of halogens is 1. The molecule has 0 atom stereocenters. The molecule has 0 aliphatic heterocycles. The third-order valence-electron chi connectivity index (χ3n) is 3.41. The van der Waals surface area contributed by atoms with Gasteiger partial charge in [0.2, 0.25) is 0 Å². The number of hydrogen-bond acceptors (Lipinski definition) is 3. The summed E-state index contributed by atoms with van der Waals surface area (Å²) in [6.45, 7) is 0. The minimum Gasteiger partial charge on any atom is -0.497 e. The lowest BCUT2D eigenvalue weighted by Gasteiger charge is -2.08. The van der Waals surface area contributed by atoms with Crippen LogP contribution in [0.15, 0.2) is 48.5 Å². The zero-order chi connectivity index (χ0) is 15.7. The van der Waals surface area contributed by atoms with Gasteiger partial charge in [0.15, 0.2) is 0 Å². The van der Waals surface area contributed by atoms with Crippen molar-refractivity contribution in [3.05, 3.63) is 59.9 Å². The van der Waals surface area contributed by atoms with Crippen molar-refractivity contribution in [1.29, 1.82) is 0 Å². The fourth-order valence-corrected chi connectivity index (χ4v) is 2.30. The predicted molar refractivity (Wildman–Crippen MR) is 80.6 cm³/mol.